The molecule has 1 aromatic carbocycles. The van der Waals surface area contributed by atoms with Gasteiger partial charge in [0.2, 0.25) is 0 Å². The van der Waals surface area contributed by atoms with E-state index in [0.29, 0.717) is 22.7 Å². The minimum Gasteiger partial charge on any atom is -0.316 e. The van der Waals surface area contributed by atoms with Crippen LogP contribution in [0.1, 0.15) is 36.3 Å². The maximum absolute atomic E-state index is 14.1. The van der Waals surface area contributed by atoms with E-state index in [-0.39, 0.29) is 17.0 Å². The van der Waals surface area contributed by atoms with Gasteiger partial charge in [0, 0.05) is 23.9 Å². The van der Waals surface area contributed by atoms with Gasteiger partial charge in [-0.15, -0.1) is 0 Å². The molecule has 0 radical (unpaired) electrons. The molecule has 0 spiro atoms. The van der Waals surface area contributed by atoms with Gasteiger partial charge in [0.05, 0.1) is 5.02 Å². The molecule has 0 fully saturated rings. The normalized spacial score (nSPS) is 17.1. The van der Waals surface area contributed by atoms with E-state index >= 15 is 0 Å². The van der Waals surface area contributed by atoms with Gasteiger partial charge < -0.3 is 4.57 Å². The number of para-hydroxylation sites is 1. The summed E-state index contributed by atoms with van der Waals surface area (Å²) in [7, 11) is 0. The monoisotopic (exact) mass is 291 g/mol. The average molecular weight is 292 g/mol. The quantitative estimate of drug-likeness (QED) is 0.762. The first kappa shape index (κ1) is 13.4. The van der Waals surface area contributed by atoms with Crippen LogP contribution < -0.4 is 0 Å². The standard InChI is InChI=1S/C16H15ClFNO/c1-16(2)8-13-10(14(20)9-16)6-7-19(13)15-11(17)4-3-5-12(15)18/h3-7H,8-9H2,1-2H3. The van der Waals surface area contributed by atoms with Gasteiger partial charge in [-0.3, -0.25) is 4.79 Å². The molecule has 1 aromatic heterocycles. The number of carbonyl (C=O) groups is 1. The molecule has 0 saturated heterocycles. The number of halogens is 2. The third-order valence-electron chi connectivity index (χ3n) is 3.76. The lowest BCUT2D eigenvalue weighted by Gasteiger charge is -2.29. The van der Waals surface area contributed by atoms with Crippen molar-refractivity contribution in [3.63, 3.8) is 0 Å². The first-order chi connectivity index (χ1) is 9.39. The van der Waals surface area contributed by atoms with Crippen LogP contribution in [0.5, 0.6) is 0 Å². The molecule has 104 valence electrons. The van der Waals surface area contributed by atoms with Gasteiger partial charge in [0.1, 0.15) is 11.5 Å². The summed E-state index contributed by atoms with van der Waals surface area (Å²) in [6.07, 6.45) is 2.98. The van der Waals surface area contributed by atoms with Crippen molar-refractivity contribution in [1.82, 2.24) is 4.57 Å². The van der Waals surface area contributed by atoms with Crippen molar-refractivity contribution in [2.45, 2.75) is 26.7 Å². The number of fused-ring (bicyclic) bond motifs is 1. The molecular formula is C16H15ClFNO. The van der Waals surface area contributed by atoms with Crippen molar-refractivity contribution < 1.29 is 9.18 Å². The molecule has 0 bridgehead atoms. The first-order valence-electron chi connectivity index (χ1n) is 6.57. The summed E-state index contributed by atoms with van der Waals surface area (Å²) in [6, 6.07) is 6.37. The Morgan fingerprint density at radius 1 is 1.25 bits per heavy atom. The van der Waals surface area contributed by atoms with Gasteiger partial charge >= 0.3 is 0 Å². The summed E-state index contributed by atoms with van der Waals surface area (Å²) in [6.45, 7) is 4.10. The van der Waals surface area contributed by atoms with Crippen LogP contribution in [0.4, 0.5) is 4.39 Å². The first-order valence-corrected chi connectivity index (χ1v) is 6.95. The lowest BCUT2D eigenvalue weighted by Crippen LogP contribution is -2.27. The number of hydrogen-bond donors (Lipinski definition) is 0. The van der Waals surface area contributed by atoms with Gasteiger partial charge in [0.15, 0.2) is 5.78 Å². The van der Waals surface area contributed by atoms with Crippen LogP contribution in [0.3, 0.4) is 0 Å². The van der Waals surface area contributed by atoms with Crippen molar-refractivity contribution >= 4 is 17.4 Å². The lowest BCUT2D eigenvalue weighted by molar-refractivity contribution is 0.0911. The minimum absolute atomic E-state index is 0.113. The second kappa shape index (κ2) is 4.45. The third-order valence-corrected chi connectivity index (χ3v) is 4.06. The molecule has 0 unspecified atom stereocenters. The molecule has 4 heteroatoms. The van der Waals surface area contributed by atoms with Gasteiger partial charge in [-0.2, -0.15) is 0 Å². The minimum atomic E-state index is -0.383. The fourth-order valence-corrected chi connectivity index (χ4v) is 3.13. The molecule has 1 aliphatic carbocycles. The van der Waals surface area contributed by atoms with Gasteiger partial charge in [-0.1, -0.05) is 31.5 Å². The van der Waals surface area contributed by atoms with E-state index in [9.17, 15) is 9.18 Å². The number of rotatable bonds is 1. The molecule has 2 nitrogen and oxygen atoms in total. The van der Waals surface area contributed by atoms with Crippen molar-refractivity contribution in [2.75, 3.05) is 0 Å². The molecule has 0 saturated carbocycles. The summed E-state index contributed by atoms with van der Waals surface area (Å²) in [5.41, 5.74) is 1.74. The Morgan fingerprint density at radius 3 is 2.70 bits per heavy atom. The van der Waals surface area contributed by atoms with Gasteiger partial charge in [0.25, 0.3) is 0 Å². The lowest BCUT2D eigenvalue weighted by atomic mass is 9.76. The maximum Gasteiger partial charge on any atom is 0.165 e. The zero-order chi connectivity index (χ0) is 14.5. The SMILES string of the molecule is CC1(C)CC(=O)c2ccn(-c3c(F)cccc3Cl)c2C1. The number of nitrogens with zero attached hydrogens (tertiary/aromatic N) is 1. The van der Waals surface area contributed by atoms with Gasteiger partial charge in [-0.25, -0.2) is 4.39 Å². The van der Waals surface area contributed by atoms with Crippen LogP contribution in [-0.2, 0) is 6.42 Å². The number of ketones is 1. The van der Waals surface area contributed by atoms with E-state index in [1.54, 1.807) is 29.0 Å². The average Bonchev–Trinajstić information content (AvgIpc) is 2.71. The largest absolute Gasteiger partial charge is 0.316 e. The molecule has 3 rings (SSSR count). The highest BCUT2D eigenvalue weighted by atomic mass is 35.5. The van der Waals surface area contributed by atoms with E-state index in [0.717, 1.165) is 12.1 Å². The summed E-state index contributed by atoms with van der Waals surface area (Å²) in [5, 5.41) is 0.347. The van der Waals surface area contributed by atoms with Crippen LogP contribution in [0.15, 0.2) is 30.5 Å². The zero-order valence-corrected chi connectivity index (χ0v) is 12.2. The molecule has 0 atom stereocenters. The Labute approximate surface area is 122 Å². The summed E-state index contributed by atoms with van der Waals surface area (Å²) >= 11 is 6.13. The number of Topliss-reactive ketones (excluding diaryl/α,β-unsaturated/α-hetero) is 1. The highest BCUT2D eigenvalue weighted by Crippen LogP contribution is 2.37. The van der Waals surface area contributed by atoms with E-state index in [4.69, 9.17) is 11.6 Å². The Kier molecular flexibility index (Phi) is 2.98. The molecule has 0 N–H and O–H groups in total. The number of carbonyl (C=O) groups excluding carboxylic acids is 1. The van der Waals surface area contributed by atoms with Crippen molar-refractivity contribution in [1.29, 1.82) is 0 Å². The third kappa shape index (κ3) is 2.06. The Morgan fingerprint density at radius 2 is 2.00 bits per heavy atom. The fourth-order valence-electron chi connectivity index (χ4n) is 2.87. The smallest absolute Gasteiger partial charge is 0.165 e. The predicted octanol–water partition coefficient (Wildman–Crippen LogP) is 4.42. The van der Waals surface area contributed by atoms with Crippen molar-refractivity contribution in [3.8, 4) is 5.69 Å². The molecule has 0 aliphatic heterocycles. The van der Waals surface area contributed by atoms with Crippen LogP contribution >= 0.6 is 11.6 Å². The number of hydrogen-bond acceptors (Lipinski definition) is 1. The Hall–Kier alpha value is -1.61. The number of aromatic nitrogens is 1. The zero-order valence-electron chi connectivity index (χ0n) is 11.4. The molecule has 1 heterocycles. The molecule has 0 amide bonds. The second-order valence-corrected chi connectivity index (χ2v) is 6.46. The van der Waals surface area contributed by atoms with Crippen LogP contribution in [-0.4, -0.2) is 10.4 Å². The van der Waals surface area contributed by atoms with E-state index in [1.807, 2.05) is 13.8 Å². The maximum atomic E-state index is 14.1. The number of benzene rings is 1. The van der Waals surface area contributed by atoms with E-state index in [1.165, 1.54) is 6.07 Å². The Balaban J connectivity index is 2.21. The van der Waals surface area contributed by atoms with Crippen LogP contribution in [0.25, 0.3) is 5.69 Å². The summed E-state index contributed by atoms with van der Waals surface area (Å²) in [4.78, 5) is 12.2. The highest BCUT2D eigenvalue weighted by molar-refractivity contribution is 6.32. The molecule has 20 heavy (non-hydrogen) atoms. The van der Waals surface area contributed by atoms with E-state index in [2.05, 4.69) is 0 Å². The molecular weight excluding hydrogens is 277 g/mol. The molecule has 1 aliphatic rings. The second-order valence-electron chi connectivity index (χ2n) is 6.06. The summed E-state index contributed by atoms with van der Waals surface area (Å²) in [5.74, 6) is -0.269. The fraction of sp³-hybridized carbons (Fsp3) is 0.312. The molecule has 2 aromatic rings. The van der Waals surface area contributed by atoms with Gasteiger partial charge in [-0.05, 0) is 30.0 Å². The van der Waals surface area contributed by atoms with E-state index < -0.39 is 0 Å². The topological polar surface area (TPSA) is 22.0 Å². The predicted molar refractivity (Wildman–Crippen MR) is 77.2 cm³/mol. The van der Waals surface area contributed by atoms with Crippen LogP contribution in [0.2, 0.25) is 5.02 Å². The Bertz CT molecular complexity index is 682. The van der Waals surface area contributed by atoms with Crippen molar-refractivity contribution in [3.05, 3.63) is 52.6 Å². The summed E-state index contributed by atoms with van der Waals surface area (Å²) < 4.78 is 15.8. The van der Waals surface area contributed by atoms with Crippen molar-refractivity contribution in [2.24, 2.45) is 5.41 Å². The highest BCUT2D eigenvalue weighted by Gasteiger charge is 2.33. The van der Waals surface area contributed by atoms with Crippen LogP contribution in [0, 0.1) is 11.2 Å².